The summed E-state index contributed by atoms with van der Waals surface area (Å²) in [5, 5.41) is 12.1. The zero-order valence-electron chi connectivity index (χ0n) is 12.4. The molecule has 1 aliphatic rings. The molecule has 7 heteroatoms. The Hall–Kier alpha value is -1.60. The van der Waals surface area contributed by atoms with E-state index in [0.717, 1.165) is 29.0 Å². The van der Waals surface area contributed by atoms with Gasteiger partial charge in [0.1, 0.15) is 0 Å². The average molecular weight is 334 g/mol. The predicted octanol–water partition coefficient (Wildman–Crippen LogP) is 2.65. The number of anilines is 1. The molecule has 0 aliphatic carbocycles. The summed E-state index contributed by atoms with van der Waals surface area (Å²) >= 11 is 2.96. The largest absolute Gasteiger partial charge is 0.360 e. The number of hydrogen-bond acceptors (Lipinski definition) is 6. The number of fused-ring (bicyclic) bond motifs is 1. The van der Waals surface area contributed by atoms with Crippen LogP contribution in [0.25, 0.3) is 0 Å². The molecule has 0 atom stereocenters. The van der Waals surface area contributed by atoms with E-state index in [2.05, 4.69) is 33.7 Å². The first-order valence-electron chi connectivity index (χ1n) is 7.31. The van der Waals surface area contributed by atoms with Crippen molar-refractivity contribution < 1.29 is 4.79 Å². The first-order valence-corrected chi connectivity index (χ1v) is 9.11. The highest BCUT2D eigenvalue weighted by molar-refractivity contribution is 8.01. The summed E-state index contributed by atoms with van der Waals surface area (Å²) in [4.78, 5) is 14.3. The summed E-state index contributed by atoms with van der Waals surface area (Å²) in [5.74, 6) is 0.586. The third kappa shape index (κ3) is 3.59. The highest BCUT2D eigenvalue weighted by atomic mass is 32.2. The lowest BCUT2D eigenvalue weighted by atomic mass is 10.00. The molecule has 1 aromatic carbocycles. The maximum atomic E-state index is 12.4. The number of thioether (sulfide) groups is 1. The first kappa shape index (κ1) is 15.3. The van der Waals surface area contributed by atoms with Gasteiger partial charge in [-0.25, -0.2) is 0 Å². The summed E-state index contributed by atoms with van der Waals surface area (Å²) in [5.41, 5.74) is 2.62. The van der Waals surface area contributed by atoms with Crippen LogP contribution in [0.3, 0.4) is 0 Å². The fraction of sp³-hybridized carbons (Fsp3) is 0.400. The van der Waals surface area contributed by atoms with Gasteiger partial charge in [0.25, 0.3) is 0 Å². The van der Waals surface area contributed by atoms with E-state index in [0.29, 0.717) is 12.3 Å². The number of benzene rings is 1. The monoisotopic (exact) mass is 334 g/mol. The van der Waals surface area contributed by atoms with Crippen LogP contribution in [0.4, 0.5) is 5.13 Å². The number of aromatic nitrogens is 2. The number of carbonyl (C=O) groups is 1. The molecule has 0 bridgehead atoms. The van der Waals surface area contributed by atoms with Gasteiger partial charge in [0.2, 0.25) is 11.0 Å². The van der Waals surface area contributed by atoms with Crippen LogP contribution in [0.15, 0.2) is 28.6 Å². The van der Waals surface area contributed by atoms with Gasteiger partial charge in [-0.3, -0.25) is 4.79 Å². The summed E-state index contributed by atoms with van der Waals surface area (Å²) < 4.78 is 0.835. The molecular formula is C15H18N4OS2. The fourth-order valence-electron chi connectivity index (χ4n) is 2.41. The summed E-state index contributed by atoms with van der Waals surface area (Å²) in [6.45, 7) is 4.36. The molecule has 0 saturated carbocycles. The van der Waals surface area contributed by atoms with Gasteiger partial charge in [0.15, 0.2) is 4.34 Å². The van der Waals surface area contributed by atoms with E-state index >= 15 is 0 Å². The normalized spacial score (nSPS) is 13.8. The van der Waals surface area contributed by atoms with Crippen LogP contribution in [0, 0.1) is 0 Å². The van der Waals surface area contributed by atoms with Crippen molar-refractivity contribution in [2.24, 2.45) is 0 Å². The number of amides is 1. The zero-order valence-corrected chi connectivity index (χ0v) is 14.0. The van der Waals surface area contributed by atoms with Gasteiger partial charge in [-0.1, -0.05) is 47.4 Å². The Kier molecular flexibility index (Phi) is 4.94. The maximum Gasteiger partial charge on any atom is 0.233 e. The third-order valence-corrected chi connectivity index (χ3v) is 5.54. The van der Waals surface area contributed by atoms with Crippen LogP contribution in [0.2, 0.25) is 0 Å². The van der Waals surface area contributed by atoms with Crippen LogP contribution < -0.4 is 5.32 Å². The van der Waals surface area contributed by atoms with Gasteiger partial charge in [-0.15, -0.1) is 10.2 Å². The second kappa shape index (κ2) is 7.11. The summed E-state index contributed by atoms with van der Waals surface area (Å²) in [7, 11) is 0. The van der Waals surface area contributed by atoms with Gasteiger partial charge < -0.3 is 10.2 Å². The molecule has 1 N–H and O–H groups in total. The number of hydrogen-bond donors (Lipinski definition) is 1. The Morgan fingerprint density at radius 2 is 2.18 bits per heavy atom. The molecule has 1 aliphatic heterocycles. The molecule has 1 amide bonds. The summed E-state index contributed by atoms with van der Waals surface area (Å²) in [6, 6.07) is 8.35. The molecule has 0 radical (unpaired) electrons. The van der Waals surface area contributed by atoms with Crippen molar-refractivity contribution >= 4 is 34.1 Å². The van der Waals surface area contributed by atoms with E-state index in [9.17, 15) is 4.79 Å². The molecule has 5 nitrogen and oxygen atoms in total. The lowest BCUT2D eigenvalue weighted by molar-refractivity contribution is -0.129. The van der Waals surface area contributed by atoms with Gasteiger partial charge in [0.05, 0.1) is 5.75 Å². The van der Waals surface area contributed by atoms with Crippen molar-refractivity contribution in [1.29, 1.82) is 0 Å². The molecule has 0 fully saturated rings. The lowest BCUT2D eigenvalue weighted by Gasteiger charge is -2.28. The van der Waals surface area contributed by atoms with Crippen molar-refractivity contribution in [3.05, 3.63) is 35.4 Å². The quantitative estimate of drug-likeness (QED) is 0.852. The summed E-state index contributed by atoms with van der Waals surface area (Å²) in [6.07, 6.45) is 0.940. The van der Waals surface area contributed by atoms with E-state index in [-0.39, 0.29) is 5.91 Å². The van der Waals surface area contributed by atoms with E-state index in [4.69, 9.17) is 0 Å². The molecule has 0 saturated heterocycles. The number of nitrogens with one attached hydrogen (secondary N) is 1. The Balaban J connectivity index is 1.54. The minimum atomic E-state index is 0.166. The van der Waals surface area contributed by atoms with Crippen LogP contribution in [0.5, 0.6) is 0 Å². The SMILES string of the molecule is CCNc1nnc(SCC(=O)N2CCc3ccccc3C2)s1. The second-order valence-electron chi connectivity index (χ2n) is 5.03. The molecule has 2 heterocycles. The van der Waals surface area contributed by atoms with Crippen molar-refractivity contribution in [2.75, 3.05) is 24.2 Å². The van der Waals surface area contributed by atoms with Crippen molar-refractivity contribution in [2.45, 2.75) is 24.2 Å². The standard InChI is InChI=1S/C15H18N4OS2/c1-2-16-14-17-18-15(22-14)21-10-13(20)19-8-7-11-5-3-4-6-12(11)9-19/h3-6H,2,7-10H2,1H3,(H,16,17). The predicted molar refractivity (Wildman–Crippen MR) is 90.4 cm³/mol. The lowest BCUT2D eigenvalue weighted by Crippen LogP contribution is -2.37. The molecule has 1 aromatic heterocycles. The van der Waals surface area contributed by atoms with E-state index in [1.54, 1.807) is 0 Å². The van der Waals surface area contributed by atoms with Crippen molar-refractivity contribution in [3.63, 3.8) is 0 Å². The molecule has 3 rings (SSSR count). The molecule has 2 aromatic rings. The molecule has 0 spiro atoms. The number of nitrogens with zero attached hydrogens (tertiary/aromatic N) is 3. The Morgan fingerprint density at radius 3 is 3.00 bits per heavy atom. The Morgan fingerprint density at radius 1 is 1.36 bits per heavy atom. The highest BCUT2D eigenvalue weighted by Gasteiger charge is 2.20. The molecular weight excluding hydrogens is 316 g/mol. The molecule has 0 unspecified atom stereocenters. The first-order chi connectivity index (χ1) is 10.8. The number of carbonyl (C=O) groups excluding carboxylic acids is 1. The second-order valence-corrected chi connectivity index (χ2v) is 7.23. The van der Waals surface area contributed by atoms with Crippen molar-refractivity contribution in [1.82, 2.24) is 15.1 Å². The van der Waals surface area contributed by atoms with Crippen LogP contribution in [-0.2, 0) is 17.8 Å². The smallest absolute Gasteiger partial charge is 0.233 e. The zero-order chi connectivity index (χ0) is 15.4. The number of rotatable bonds is 5. The van der Waals surface area contributed by atoms with Crippen LogP contribution in [-0.4, -0.2) is 39.8 Å². The van der Waals surface area contributed by atoms with Gasteiger partial charge >= 0.3 is 0 Å². The third-order valence-electron chi connectivity index (χ3n) is 3.54. The minimum absolute atomic E-state index is 0.166. The van der Waals surface area contributed by atoms with Crippen LogP contribution in [0.1, 0.15) is 18.1 Å². The van der Waals surface area contributed by atoms with Gasteiger partial charge in [0, 0.05) is 19.6 Å². The fourth-order valence-corrected chi connectivity index (χ4v) is 4.14. The van der Waals surface area contributed by atoms with Crippen molar-refractivity contribution in [3.8, 4) is 0 Å². The Labute approximate surface area is 138 Å². The minimum Gasteiger partial charge on any atom is -0.360 e. The van der Waals surface area contributed by atoms with E-state index < -0.39 is 0 Å². The molecule has 22 heavy (non-hydrogen) atoms. The topological polar surface area (TPSA) is 58.1 Å². The van der Waals surface area contributed by atoms with Gasteiger partial charge in [-0.05, 0) is 24.5 Å². The maximum absolute atomic E-state index is 12.4. The average Bonchev–Trinajstić information content (AvgIpc) is 3.00. The highest BCUT2D eigenvalue weighted by Crippen LogP contribution is 2.26. The molecule has 116 valence electrons. The Bertz CT molecular complexity index is 658. The van der Waals surface area contributed by atoms with Crippen LogP contribution >= 0.6 is 23.1 Å². The van der Waals surface area contributed by atoms with E-state index in [1.807, 2.05) is 17.9 Å². The van der Waals surface area contributed by atoms with Gasteiger partial charge in [-0.2, -0.15) is 0 Å². The van der Waals surface area contributed by atoms with E-state index in [1.165, 1.54) is 34.2 Å².